The lowest BCUT2D eigenvalue weighted by Gasteiger charge is -2.34. The lowest BCUT2D eigenvalue weighted by atomic mass is 9.89. The first-order chi connectivity index (χ1) is 7.42. The number of benzene rings is 1. The number of hydrogen-bond donors (Lipinski definition) is 1. The highest BCUT2D eigenvalue weighted by atomic mass is 19.1. The van der Waals surface area contributed by atoms with Crippen molar-refractivity contribution in [1.82, 2.24) is 5.32 Å². The molecule has 0 heterocycles. The number of nitrogens with one attached hydrogen (secondary N) is 1. The van der Waals surface area contributed by atoms with E-state index in [0.29, 0.717) is 0 Å². The van der Waals surface area contributed by atoms with E-state index in [0.717, 1.165) is 11.1 Å². The predicted molar refractivity (Wildman–Crippen MR) is 64.0 cm³/mol. The van der Waals surface area contributed by atoms with Crippen molar-refractivity contribution in [3.63, 3.8) is 0 Å². The fraction of sp³-hybridized carbons (Fsp3) is 0.538. The second-order valence-electron chi connectivity index (χ2n) is 4.53. The number of aryl methyl sites for hydroxylation is 1. The van der Waals surface area contributed by atoms with Gasteiger partial charge in [-0.25, -0.2) is 4.39 Å². The summed E-state index contributed by atoms with van der Waals surface area (Å²) in [4.78, 5) is 0. The molecule has 0 aliphatic heterocycles. The number of methoxy groups -OCH3 is 1. The molecule has 0 aliphatic rings. The minimum absolute atomic E-state index is 0.0399. The molecule has 0 bridgehead atoms. The van der Waals surface area contributed by atoms with Gasteiger partial charge in [-0.1, -0.05) is 6.07 Å². The van der Waals surface area contributed by atoms with E-state index in [1.54, 1.807) is 13.2 Å². The summed E-state index contributed by atoms with van der Waals surface area (Å²) in [5, 5.41) is 3.22. The predicted octanol–water partition coefficient (Wildman–Crippen LogP) is 2.82. The van der Waals surface area contributed by atoms with Crippen LogP contribution in [0.5, 0.6) is 0 Å². The second-order valence-corrected chi connectivity index (χ2v) is 4.53. The molecule has 0 aromatic heterocycles. The van der Waals surface area contributed by atoms with Gasteiger partial charge in [-0.3, -0.25) is 0 Å². The minimum atomic E-state index is -0.336. The van der Waals surface area contributed by atoms with Gasteiger partial charge in [0.25, 0.3) is 0 Å². The van der Waals surface area contributed by atoms with E-state index >= 15 is 0 Å². The van der Waals surface area contributed by atoms with Crippen molar-refractivity contribution in [2.45, 2.75) is 32.4 Å². The largest absolute Gasteiger partial charge is 0.377 e. The Morgan fingerprint density at radius 2 is 2.00 bits per heavy atom. The van der Waals surface area contributed by atoms with Crippen LogP contribution in [0.3, 0.4) is 0 Å². The SMILES string of the molecule is CNC(c1ccc(F)cc1C)C(C)(C)OC. The van der Waals surface area contributed by atoms with Gasteiger partial charge in [-0.05, 0) is 51.1 Å². The van der Waals surface area contributed by atoms with E-state index in [4.69, 9.17) is 4.74 Å². The Balaban J connectivity index is 3.14. The van der Waals surface area contributed by atoms with Gasteiger partial charge in [0.15, 0.2) is 0 Å². The zero-order valence-electron chi connectivity index (χ0n) is 10.6. The van der Waals surface area contributed by atoms with Crippen molar-refractivity contribution in [3.05, 3.63) is 35.1 Å². The molecule has 1 N–H and O–H groups in total. The van der Waals surface area contributed by atoms with Crippen LogP contribution in [0.2, 0.25) is 0 Å². The van der Waals surface area contributed by atoms with Gasteiger partial charge in [-0.2, -0.15) is 0 Å². The van der Waals surface area contributed by atoms with Crippen molar-refractivity contribution in [2.75, 3.05) is 14.2 Å². The number of rotatable bonds is 4. The number of likely N-dealkylation sites (N-methyl/N-ethyl adjacent to an activating group) is 1. The van der Waals surface area contributed by atoms with Crippen molar-refractivity contribution >= 4 is 0 Å². The van der Waals surface area contributed by atoms with Gasteiger partial charge in [0, 0.05) is 7.11 Å². The van der Waals surface area contributed by atoms with Crippen molar-refractivity contribution in [1.29, 1.82) is 0 Å². The highest BCUT2D eigenvalue weighted by Crippen LogP contribution is 2.30. The average Bonchev–Trinajstić information content (AvgIpc) is 2.22. The molecule has 2 nitrogen and oxygen atoms in total. The van der Waals surface area contributed by atoms with Crippen molar-refractivity contribution < 1.29 is 9.13 Å². The van der Waals surface area contributed by atoms with E-state index in [2.05, 4.69) is 5.32 Å². The molecule has 3 heteroatoms. The van der Waals surface area contributed by atoms with Gasteiger partial charge >= 0.3 is 0 Å². The molecule has 0 spiro atoms. The fourth-order valence-corrected chi connectivity index (χ4v) is 1.96. The molecular weight excluding hydrogens is 205 g/mol. The van der Waals surface area contributed by atoms with E-state index in [1.807, 2.05) is 33.9 Å². The quantitative estimate of drug-likeness (QED) is 0.850. The Labute approximate surface area is 96.8 Å². The molecule has 0 radical (unpaired) electrons. The molecule has 1 rings (SSSR count). The van der Waals surface area contributed by atoms with E-state index in [1.165, 1.54) is 6.07 Å². The number of hydrogen-bond acceptors (Lipinski definition) is 2. The molecule has 0 aliphatic carbocycles. The van der Waals surface area contributed by atoms with Gasteiger partial charge in [0.2, 0.25) is 0 Å². The second kappa shape index (κ2) is 4.93. The molecule has 0 saturated carbocycles. The average molecular weight is 225 g/mol. The summed E-state index contributed by atoms with van der Waals surface area (Å²) in [5.41, 5.74) is 1.66. The Morgan fingerprint density at radius 1 is 1.38 bits per heavy atom. The summed E-state index contributed by atoms with van der Waals surface area (Å²) < 4.78 is 18.5. The highest BCUT2D eigenvalue weighted by molar-refractivity contribution is 5.31. The van der Waals surface area contributed by atoms with Crippen molar-refractivity contribution in [2.24, 2.45) is 0 Å². The monoisotopic (exact) mass is 225 g/mol. The van der Waals surface area contributed by atoms with Crippen LogP contribution < -0.4 is 5.32 Å². The maximum atomic E-state index is 13.0. The highest BCUT2D eigenvalue weighted by Gasteiger charge is 2.30. The zero-order valence-corrected chi connectivity index (χ0v) is 10.6. The third-order valence-electron chi connectivity index (χ3n) is 3.05. The molecule has 16 heavy (non-hydrogen) atoms. The van der Waals surface area contributed by atoms with Crippen LogP contribution in [-0.4, -0.2) is 19.8 Å². The van der Waals surface area contributed by atoms with Crippen molar-refractivity contribution in [3.8, 4) is 0 Å². The molecule has 1 atom stereocenters. The van der Waals surface area contributed by atoms with Crippen LogP contribution in [-0.2, 0) is 4.74 Å². The van der Waals surface area contributed by atoms with E-state index in [9.17, 15) is 4.39 Å². The van der Waals surface area contributed by atoms with Gasteiger partial charge in [-0.15, -0.1) is 0 Å². The fourth-order valence-electron chi connectivity index (χ4n) is 1.96. The third-order valence-corrected chi connectivity index (χ3v) is 3.05. The molecule has 90 valence electrons. The van der Waals surface area contributed by atoms with Gasteiger partial charge < -0.3 is 10.1 Å². The summed E-state index contributed by atoms with van der Waals surface area (Å²) in [6, 6.07) is 4.88. The summed E-state index contributed by atoms with van der Waals surface area (Å²) in [6.45, 7) is 5.93. The van der Waals surface area contributed by atoms with Crippen LogP contribution >= 0.6 is 0 Å². The normalized spacial score (nSPS) is 13.9. The van der Waals surface area contributed by atoms with Crippen LogP contribution in [0.25, 0.3) is 0 Å². The maximum Gasteiger partial charge on any atom is 0.123 e. The van der Waals surface area contributed by atoms with Gasteiger partial charge in [0.1, 0.15) is 5.82 Å². The van der Waals surface area contributed by atoms with Crippen LogP contribution in [0.4, 0.5) is 4.39 Å². The Kier molecular flexibility index (Phi) is 4.05. The molecule has 1 unspecified atom stereocenters. The van der Waals surface area contributed by atoms with E-state index in [-0.39, 0.29) is 17.5 Å². The van der Waals surface area contributed by atoms with Gasteiger partial charge in [0.05, 0.1) is 11.6 Å². The first-order valence-electron chi connectivity index (χ1n) is 5.41. The lowest BCUT2D eigenvalue weighted by molar-refractivity contribution is -0.00917. The third kappa shape index (κ3) is 2.60. The Bertz CT molecular complexity index is 363. The molecule has 0 amide bonds. The summed E-state index contributed by atoms with van der Waals surface area (Å²) in [5.74, 6) is -0.202. The first kappa shape index (κ1) is 13.1. The molecular formula is C13H20FNO. The zero-order chi connectivity index (χ0) is 12.3. The number of ether oxygens (including phenoxy) is 1. The van der Waals surface area contributed by atoms with Crippen LogP contribution in [0.1, 0.15) is 31.0 Å². The topological polar surface area (TPSA) is 21.3 Å². The summed E-state index contributed by atoms with van der Waals surface area (Å²) in [7, 11) is 3.57. The number of halogens is 1. The molecule has 0 fully saturated rings. The van der Waals surface area contributed by atoms with E-state index < -0.39 is 0 Å². The summed E-state index contributed by atoms with van der Waals surface area (Å²) >= 11 is 0. The lowest BCUT2D eigenvalue weighted by Crippen LogP contribution is -2.39. The first-order valence-corrected chi connectivity index (χ1v) is 5.41. The molecule has 1 aromatic rings. The smallest absolute Gasteiger partial charge is 0.123 e. The Hall–Kier alpha value is -0.930. The summed E-state index contributed by atoms with van der Waals surface area (Å²) in [6.07, 6.45) is 0. The molecule has 1 aromatic carbocycles. The van der Waals surface area contributed by atoms with Crippen LogP contribution in [0, 0.1) is 12.7 Å². The van der Waals surface area contributed by atoms with Crippen LogP contribution in [0.15, 0.2) is 18.2 Å². The maximum absolute atomic E-state index is 13.0. The molecule has 0 saturated heterocycles. The minimum Gasteiger partial charge on any atom is -0.377 e. The standard InChI is InChI=1S/C13H20FNO/c1-9-8-10(14)6-7-11(9)12(15-4)13(2,3)16-5/h6-8,12,15H,1-5H3. The Morgan fingerprint density at radius 3 is 2.44 bits per heavy atom.